The quantitative estimate of drug-likeness (QED) is 0.767. The second-order valence-corrected chi connectivity index (χ2v) is 8.20. The summed E-state index contributed by atoms with van der Waals surface area (Å²) in [5, 5.41) is 3.09. The van der Waals surface area contributed by atoms with Crippen LogP contribution in [-0.2, 0) is 21.5 Å². The zero-order valence-electron chi connectivity index (χ0n) is 16.2. The molecule has 1 heterocycles. The van der Waals surface area contributed by atoms with E-state index in [4.69, 9.17) is 4.74 Å². The van der Waals surface area contributed by atoms with E-state index in [0.717, 1.165) is 15.6 Å². The Morgan fingerprint density at radius 1 is 1.04 bits per heavy atom. The second kappa shape index (κ2) is 8.88. The van der Waals surface area contributed by atoms with Crippen molar-refractivity contribution < 1.29 is 14.3 Å². The Morgan fingerprint density at radius 3 is 2.21 bits per heavy atom. The highest BCUT2D eigenvalue weighted by Gasteiger charge is 2.41. The van der Waals surface area contributed by atoms with Gasteiger partial charge < -0.3 is 15.0 Å². The van der Waals surface area contributed by atoms with E-state index in [1.54, 1.807) is 31.1 Å². The van der Waals surface area contributed by atoms with Crippen LogP contribution in [0.2, 0.25) is 0 Å². The van der Waals surface area contributed by atoms with Crippen LogP contribution >= 0.6 is 15.9 Å². The lowest BCUT2D eigenvalue weighted by molar-refractivity contribution is -0.130. The van der Waals surface area contributed by atoms with Crippen LogP contribution in [0.15, 0.2) is 53.0 Å². The fourth-order valence-electron chi connectivity index (χ4n) is 3.51. The third kappa shape index (κ3) is 4.45. The minimum absolute atomic E-state index is 0.0200. The van der Waals surface area contributed by atoms with Crippen molar-refractivity contribution in [1.29, 1.82) is 0 Å². The standard InChI is InChI=1S/C22H25BrN2O3/c1-25(2)20(26)17-5-3-16(4-6-17)15-24-21(27)22(11-13-28-14-12-22)18-7-9-19(23)10-8-18/h3-10H,11-15H2,1-2H3,(H,24,27). The van der Waals surface area contributed by atoms with Crippen molar-refractivity contribution in [2.75, 3.05) is 27.3 Å². The molecule has 0 aliphatic carbocycles. The summed E-state index contributed by atoms with van der Waals surface area (Å²) in [6.45, 7) is 1.57. The van der Waals surface area contributed by atoms with Crippen LogP contribution in [0, 0.1) is 0 Å². The van der Waals surface area contributed by atoms with Crippen LogP contribution < -0.4 is 5.32 Å². The summed E-state index contributed by atoms with van der Waals surface area (Å²) >= 11 is 3.46. The summed E-state index contributed by atoms with van der Waals surface area (Å²) in [6.07, 6.45) is 1.33. The number of nitrogens with zero attached hydrogens (tertiary/aromatic N) is 1. The van der Waals surface area contributed by atoms with E-state index in [1.807, 2.05) is 36.4 Å². The van der Waals surface area contributed by atoms with E-state index in [2.05, 4.69) is 21.2 Å². The number of nitrogens with one attached hydrogen (secondary N) is 1. The predicted octanol–water partition coefficient (Wildman–Crippen LogP) is 3.52. The average molecular weight is 445 g/mol. The van der Waals surface area contributed by atoms with Crippen LogP contribution in [0.4, 0.5) is 0 Å². The number of hydrogen-bond acceptors (Lipinski definition) is 3. The van der Waals surface area contributed by atoms with Gasteiger partial charge in [0.2, 0.25) is 5.91 Å². The van der Waals surface area contributed by atoms with Crippen LogP contribution in [0.1, 0.15) is 34.3 Å². The Bertz CT molecular complexity index is 826. The summed E-state index contributed by atoms with van der Waals surface area (Å²) in [4.78, 5) is 26.7. The van der Waals surface area contributed by atoms with Crippen molar-refractivity contribution in [3.63, 3.8) is 0 Å². The third-order valence-corrected chi connectivity index (χ3v) is 5.77. The van der Waals surface area contributed by atoms with Crippen molar-refractivity contribution in [3.8, 4) is 0 Å². The minimum atomic E-state index is -0.570. The lowest BCUT2D eigenvalue weighted by Gasteiger charge is -2.36. The van der Waals surface area contributed by atoms with Crippen molar-refractivity contribution in [2.45, 2.75) is 24.8 Å². The highest BCUT2D eigenvalue weighted by atomic mass is 79.9. The van der Waals surface area contributed by atoms with Gasteiger partial charge in [-0.05, 0) is 48.2 Å². The van der Waals surface area contributed by atoms with E-state index < -0.39 is 5.41 Å². The van der Waals surface area contributed by atoms with E-state index >= 15 is 0 Å². The number of hydrogen-bond donors (Lipinski definition) is 1. The van der Waals surface area contributed by atoms with Crippen molar-refractivity contribution in [3.05, 3.63) is 69.7 Å². The molecule has 1 aliphatic heterocycles. The molecule has 0 bridgehead atoms. The smallest absolute Gasteiger partial charge is 0.253 e. The van der Waals surface area contributed by atoms with E-state index in [-0.39, 0.29) is 11.8 Å². The van der Waals surface area contributed by atoms with Crippen molar-refractivity contribution in [1.82, 2.24) is 10.2 Å². The zero-order valence-corrected chi connectivity index (χ0v) is 17.8. The number of ether oxygens (including phenoxy) is 1. The first-order valence-electron chi connectivity index (χ1n) is 9.35. The molecule has 2 aromatic carbocycles. The molecule has 5 nitrogen and oxygen atoms in total. The zero-order chi connectivity index (χ0) is 20.1. The van der Waals surface area contributed by atoms with E-state index in [9.17, 15) is 9.59 Å². The van der Waals surface area contributed by atoms with Crippen molar-refractivity contribution >= 4 is 27.7 Å². The molecule has 1 fully saturated rings. The molecule has 6 heteroatoms. The highest BCUT2D eigenvalue weighted by molar-refractivity contribution is 9.10. The Hall–Kier alpha value is -2.18. The third-order valence-electron chi connectivity index (χ3n) is 5.24. The fraction of sp³-hybridized carbons (Fsp3) is 0.364. The monoisotopic (exact) mass is 444 g/mol. The number of benzene rings is 2. The molecule has 0 radical (unpaired) electrons. The molecule has 1 aliphatic rings. The van der Waals surface area contributed by atoms with Gasteiger partial charge in [0, 0.05) is 43.9 Å². The van der Waals surface area contributed by atoms with Gasteiger partial charge in [-0.3, -0.25) is 9.59 Å². The van der Waals surface area contributed by atoms with Crippen LogP contribution in [0.3, 0.4) is 0 Å². The Morgan fingerprint density at radius 2 is 1.64 bits per heavy atom. The van der Waals surface area contributed by atoms with Crippen LogP contribution in [0.25, 0.3) is 0 Å². The Kier molecular flexibility index (Phi) is 6.52. The summed E-state index contributed by atoms with van der Waals surface area (Å²) in [7, 11) is 3.46. The average Bonchev–Trinajstić information content (AvgIpc) is 2.72. The molecule has 0 unspecified atom stereocenters. The summed E-state index contributed by atoms with van der Waals surface area (Å²) in [5.74, 6) is -0.0152. The topological polar surface area (TPSA) is 58.6 Å². The van der Waals surface area contributed by atoms with E-state index in [0.29, 0.717) is 38.2 Å². The number of amides is 2. The molecule has 0 atom stereocenters. The maximum atomic E-state index is 13.2. The Balaban J connectivity index is 1.72. The molecule has 0 aromatic heterocycles. The molecule has 2 amide bonds. The predicted molar refractivity (Wildman–Crippen MR) is 112 cm³/mol. The molecule has 0 saturated carbocycles. The van der Waals surface area contributed by atoms with Crippen molar-refractivity contribution in [2.24, 2.45) is 0 Å². The summed E-state index contributed by atoms with van der Waals surface area (Å²) in [5.41, 5.74) is 2.04. The number of halogens is 1. The molecule has 1 saturated heterocycles. The van der Waals surface area contributed by atoms with Gasteiger partial charge in [0.25, 0.3) is 5.91 Å². The van der Waals surface area contributed by atoms with Gasteiger partial charge in [-0.1, -0.05) is 40.2 Å². The number of carbonyl (C=O) groups excluding carboxylic acids is 2. The maximum Gasteiger partial charge on any atom is 0.253 e. The van der Waals surface area contributed by atoms with Crippen LogP contribution in [0.5, 0.6) is 0 Å². The lowest BCUT2D eigenvalue weighted by Crippen LogP contribution is -2.47. The number of carbonyl (C=O) groups is 2. The molecule has 0 spiro atoms. The lowest BCUT2D eigenvalue weighted by atomic mass is 9.73. The molecule has 28 heavy (non-hydrogen) atoms. The van der Waals surface area contributed by atoms with Gasteiger partial charge in [-0.15, -0.1) is 0 Å². The first-order valence-corrected chi connectivity index (χ1v) is 10.1. The normalized spacial score (nSPS) is 15.7. The second-order valence-electron chi connectivity index (χ2n) is 7.28. The van der Waals surface area contributed by atoms with Gasteiger partial charge in [0.05, 0.1) is 5.41 Å². The number of rotatable bonds is 5. The summed E-state index contributed by atoms with van der Waals surface area (Å²) < 4.78 is 6.50. The largest absolute Gasteiger partial charge is 0.381 e. The minimum Gasteiger partial charge on any atom is -0.381 e. The van der Waals surface area contributed by atoms with Gasteiger partial charge in [-0.25, -0.2) is 0 Å². The molecular weight excluding hydrogens is 420 g/mol. The van der Waals surface area contributed by atoms with Gasteiger partial charge >= 0.3 is 0 Å². The fourth-order valence-corrected chi connectivity index (χ4v) is 3.77. The van der Waals surface area contributed by atoms with Crippen LogP contribution in [-0.4, -0.2) is 44.0 Å². The SMILES string of the molecule is CN(C)C(=O)c1ccc(CNC(=O)C2(c3ccc(Br)cc3)CCOCC2)cc1. The molecule has 2 aromatic rings. The first-order chi connectivity index (χ1) is 13.4. The van der Waals surface area contributed by atoms with Gasteiger partial charge in [0.1, 0.15) is 0 Å². The summed E-state index contributed by atoms with van der Waals surface area (Å²) in [6, 6.07) is 15.3. The highest BCUT2D eigenvalue weighted by Crippen LogP contribution is 2.35. The Labute approximate surface area is 174 Å². The maximum absolute atomic E-state index is 13.2. The molecule has 3 rings (SSSR count). The van der Waals surface area contributed by atoms with Gasteiger partial charge in [0.15, 0.2) is 0 Å². The molecular formula is C22H25BrN2O3. The molecule has 148 valence electrons. The molecule has 1 N–H and O–H groups in total. The first kappa shape index (κ1) is 20.6. The van der Waals surface area contributed by atoms with Gasteiger partial charge in [-0.2, -0.15) is 0 Å². The van der Waals surface area contributed by atoms with E-state index in [1.165, 1.54) is 0 Å².